The fourth-order valence-electron chi connectivity index (χ4n) is 5.05. The van der Waals surface area contributed by atoms with E-state index in [1.165, 1.54) is 37.3 Å². The number of ether oxygens (including phenoxy) is 2. The number of hydrogen-bond donors (Lipinski definition) is 1. The van der Waals surface area contributed by atoms with Crippen molar-refractivity contribution in [2.75, 3.05) is 31.6 Å². The minimum atomic E-state index is -4.32. The van der Waals surface area contributed by atoms with Crippen molar-refractivity contribution in [1.29, 1.82) is 0 Å². The third-order valence-electron chi connectivity index (χ3n) is 7.63. The summed E-state index contributed by atoms with van der Waals surface area (Å²) in [6, 6.07) is 26.5. The molecule has 0 fully saturated rings. The van der Waals surface area contributed by atoms with Gasteiger partial charge in [-0.15, -0.1) is 0 Å². The molecule has 0 aromatic heterocycles. The van der Waals surface area contributed by atoms with Crippen LogP contribution in [0.2, 0.25) is 5.02 Å². The summed E-state index contributed by atoms with van der Waals surface area (Å²) in [7, 11) is -1.44. The van der Waals surface area contributed by atoms with Crippen LogP contribution in [0, 0.1) is 6.92 Å². The van der Waals surface area contributed by atoms with Crippen molar-refractivity contribution in [3.05, 3.63) is 119 Å². The van der Waals surface area contributed by atoms with Gasteiger partial charge in [0.15, 0.2) is 0 Å². The summed E-state index contributed by atoms with van der Waals surface area (Å²) in [5.41, 5.74) is 2.55. The van der Waals surface area contributed by atoms with Crippen LogP contribution < -0.4 is 19.1 Å². The molecule has 2 amide bonds. The second-order valence-corrected chi connectivity index (χ2v) is 13.3. The normalized spacial score (nSPS) is 11.8. The SMILES string of the molecule is CCCNC(=O)C(Cc1ccccc1)N(Cc1ccc(Cl)cc1)C(=O)CN(c1cc(OC)ccc1OC)S(=O)(=O)c1ccc(C)cc1. The molecule has 47 heavy (non-hydrogen) atoms. The second-order valence-electron chi connectivity index (χ2n) is 11.0. The lowest BCUT2D eigenvalue weighted by molar-refractivity contribution is -0.140. The summed E-state index contributed by atoms with van der Waals surface area (Å²) in [6.45, 7) is 3.62. The van der Waals surface area contributed by atoms with Crippen LogP contribution in [0.5, 0.6) is 11.5 Å². The summed E-state index contributed by atoms with van der Waals surface area (Å²) >= 11 is 6.16. The predicted molar refractivity (Wildman–Crippen MR) is 184 cm³/mol. The molecule has 0 radical (unpaired) electrons. The number of carbonyl (C=O) groups is 2. The monoisotopic (exact) mass is 677 g/mol. The third-order valence-corrected chi connectivity index (χ3v) is 9.65. The zero-order valence-corrected chi connectivity index (χ0v) is 28.6. The number of aryl methyl sites for hydroxylation is 1. The van der Waals surface area contributed by atoms with Crippen molar-refractivity contribution in [2.45, 2.75) is 44.2 Å². The number of methoxy groups -OCH3 is 2. The average molecular weight is 678 g/mol. The highest BCUT2D eigenvalue weighted by atomic mass is 35.5. The summed E-state index contributed by atoms with van der Waals surface area (Å²) < 4.78 is 40.7. The summed E-state index contributed by atoms with van der Waals surface area (Å²) in [5.74, 6) is -0.339. The number of hydrogen-bond acceptors (Lipinski definition) is 6. The number of benzene rings is 4. The number of nitrogens with zero attached hydrogens (tertiary/aromatic N) is 2. The highest BCUT2D eigenvalue weighted by molar-refractivity contribution is 7.92. The maximum Gasteiger partial charge on any atom is 0.264 e. The molecule has 4 aromatic rings. The minimum Gasteiger partial charge on any atom is -0.497 e. The van der Waals surface area contributed by atoms with Crippen molar-refractivity contribution >= 4 is 39.1 Å². The first kappa shape index (κ1) is 35.3. The molecule has 248 valence electrons. The number of amides is 2. The Morgan fingerprint density at radius 3 is 2.17 bits per heavy atom. The number of halogens is 1. The third kappa shape index (κ3) is 9.05. The van der Waals surface area contributed by atoms with E-state index < -0.39 is 28.5 Å². The molecule has 1 atom stereocenters. The molecule has 0 aliphatic rings. The number of sulfonamides is 1. The number of anilines is 1. The first-order valence-electron chi connectivity index (χ1n) is 15.2. The highest BCUT2D eigenvalue weighted by Crippen LogP contribution is 2.36. The van der Waals surface area contributed by atoms with Crippen molar-refractivity contribution < 1.29 is 27.5 Å². The van der Waals surface area contributed by atoms with E-state index >= 15 is 0 Å². The standard InChI is InChI=1S/C36H40ClN3O6S/c1-5-21-38-36(42)33(22-27-9-7-6-8-10-27)39(24-28-13-15-29(37)16-14-28)35(41)25-40(32-23-30(45-3)17-20-34(32)46-4)47(43,44)31-18-11-26(2)12-19-31/h6-20,23,33H,5,21-22,24-25H2,1-4H3,(H,38,42). The van der Waals surface area contributed by atoms with Crippen LogP contribution in [0.3, 0.4) is 0 Å². The Balaban J connectivity index is 1.85. The van der Waals surface area contributed by atoms with Crippen LogP contribution in [0.15, 0.2) is 102 Å². The molecule has 4 aromatic carbocycles. The molecule has 1 N–H and O–H groups in total. The first-order chi connectivity index (χ1) is 22.6. The van der Waals surface area contributed by atoms with Gasteiger partial charge in [-0.05, 0) is 60.9 Å². The molecular formula is C36H40ClN3O6S. The lowest BCUT2D eigenvalue weighted by Crippen LogP contribution is -2.53. The molecule has 0 bridgehead atoms. The van der Waals surface area contributed by atoms with E-state index in [0.717, 1.165) is 21.0 Å². The zero-order chi connectivity index (χ0) is 34.0. The molecule has 11 heteroatoms. The van der Waals surface area contributed by atoms with Crippen molar-refractivity contribution in [2.24, 2.45) is 0 Å². The summed E-state index contributed by atoms with van der Waals surface area (Å²) in [4.78, 5) is 29.9. The Labute approximate surface area is 282 Å². The van der Waals surface area contributed by atoms with E-state index in [0.29, 0.717) is 23.7 Å². The van der Waals surface area contributed by atoms with Crippen LogP contribution in [0.25, 0.3) is 0 Å². The quantitative estimate of drug-likeness (QED) is 0.165. The molecular weight excluding hydrogens is 638 g/mol. The molecule has 0 heterocycles. The van der Waals surface area contributed by atoms with Gasteiger partial charge >= 0.3 is 0 Å². The van der Waals surface area contributed by atoms with E-state index in [1.807, 2.05) is 44.2 Å². The van der Waals surface area contributed by atoms with Crippen molar-refractivity contribution in [3.63, 3.8) is 0 Å². The van der Waals surface area contributed by atoms with E-state index in [-0.39, 0.29) is 35.2 Å². The number of nitrogens with one attached hydrogen (secondary N) is 1. The predicted octanol–water partition coefficient (Wildman–Crippen LogP) is 6.03. The maximum atomic E-state index is 14.6. The zero-order valence-electron chi connectivity index (χ0n) is 27.0. The van der Waals surface area contributed by atoms with Crippen molar-refractivity contribution in [1.82, 2.24) is 10.2 Å². The van der Waals surface area contributed by atoms with Crippen LogP contribution >= 0.6 is 11.6 Å². The lowest BCUT2D eigenvalue weighted by atomic mass is 10.0. The minimum absolute atomic E-state index is 0.00783. The van der Waals surface area contributed by atoms with Gasteiger partial charge in [0.05, 0.1) is 24.8 Å². The van der Waals surface area contributed by atoms with Gasteiger partial charge in [0.25, 0.3) is 10.0 Å². The van der Waals surface area contributed by atoms with Gasteiger partial charge in [-0.1, -0.05) is 78.7 Å². The highest BCUT2D eigenvalue weighted by Gasteiger charge is 2.35. The Kier molecular flexibility index (Phi) is 12.3. The molecule has 0 saturated carbocycles. The molecule has 0 spiro atoms. The number of rotatable bonds is 15. The van der Waals surface area contributed by atoms with E-state index in [4.69, 9.17) is 21.1 Å². The van der Waals surface area contributed by atoms with Gasteiger partial charge in [0.2, 0.25) is 11.8 Å². The van der Waals surface area contributed by atoms with Crippen LogP contribution in [-0.4, -0.2) is 58.5 Å². The average Bonchev–Trinajstić information content (AvgIpc) is 3.08. The van der Waals surface area contributed by atoms with Gasteiger partial charge in [0.1, 0.15) is 24.1 Å². The van der Waals surface area contributed by atoms with E-state index in [1.54, 1.807) is 48.5 Å². The van der Waals surface area contributed by atoms with Gasteiger partial charge in [-0.25, -0.2) is 8.42 Å². The van der Waals surface area contributed by atoms with Crippen LogP contribution in [0.1, 0.15) is 30.0 Å². The smallest absolute Gasteiger partial charge is 0.264 e. The Morgan fingerprint density at radius 1 is 0.872 bits per heavy atom. The molecule has 9 nitrogen and oxygen atoms in total. The van der Waals surface area contributed by atoms with Crippen LogP contribution in [0.4, 0.5) is 5.69 Å². The molecule has 0 aliphatic carbocycles. The van der Waals surface area contributed by atoms with Gasteiger partial charge in [-0.2, -0.15) is 0 Å². The Hall–Kier alpha value is -4.54. The van der Waals surface area contributed by atoms with Crippen molar-refractivity contribution in [3.8, 4) is 11.5 Å². The largest absolute Gasteiger partial charge is 0.497 e. The maximum absolute atomic E-state index is 14.6. The number of carbonyl (C=O) groups excluding carboxylic acids is 2. The van der Waals surface area contributed by atoms with Gasteiger partial charge < -0.3 is 19.7 Å². The van der Waals surface area contributed by atoms with Crippen LogP contribution in [-0.2, 0) is 32.6 Å². The fraction of sp³-hybridized carbons (Fsp3) is 0.278. The molecule has 0 aliphatic heterocycles. The molecule has 1 unspecified atom stereocenters. The molecule has 0 saturated heterocycles. The Bertz CT molecular complexity index is 1750. The molecule has 4 rings (SSSR count). The first-order valence-corrected chi connectivity index (χ1v) is 17.1. The summed E-state index contributed by atoms with van der Waals surface area (Å²) in [5, 5.41) is 3.46. The second kappa shape index (κ2) is 16.3. The van der Waals surface area contributed by atoms with E-state index in [9.17, 15) is 18.0 Å². The topological polar surface area (TPSA) is 105 Å². The Morgan fingerprint density at radius 2 is 1.55 bits per heavy atom. The summed E-state index contributed by atoms with van der Waals surface area (Å²) in [6.07, 6.45) is 0.913. The van der Waals surface area contributed by atoms with Gasteiger partial charge in [-0.3, -0.25) is 13.9 Å². The van der Waals surface area contributed by atoms with Gasteiger partial charge in [0, 0.05) is 30.6 Å². The van der Waals surface area contributed by atoms with E-state index in [2.05, 4.69) is 5.32 Å². The fourth-order valence-corrected chi connectivity index (χ4v) is 6.59. The lowest BCUT2D eigenvalue weighted by Gasteiger charge is -2.34.